The van der Waals surface area contributed by atoms with E-state index in [9.17, 15) is 9.59 Å². The zero-order valence-electron chi connectivity index (χ0n) is 17.4. The van der Waals surface area contributed by atoms with Gasteiger partial charge in [0.25, 0.3) is 0 Å². The number of carbonyl (C=O) groups excluding carboxylic acids is 2. The van der Waals surface area contributed by atoms with Crippen molar-refractivity contribution in [1.82, 2.24) is 9.78 Å². The van der Waals surface area contributed by atoms with Gasteiger partial charge in [-0.05, 0) is 51.0 Å². The molecular formula is C23H24N4O2S. The fraction of sp³-hybridized carbons (Fsp3) is 0.261. The number of aryl methyl sites for hydroxylation is 2. The van der Waals surface area contributed by atoms with Crippen molar-refractivity contribution in [1.29, 1.82) is 0 Å². The van der Waals surface area contributed by atoms with Crippen LogP contribution in [0.25, 0.3) is 0 Å². The van der Waals surface area contributed by atoms with Gasteiger partial charge in [0.2, 0.25) is 11.8 Å². The van der Waals surface area contributed by atoms with Crippen molar-refractivity contribution >= 4 is 35.0 Å². The number of anilines is 2. The van der Waals surface area contributed by atoms with Crippen molar-refractivity contribution in [3.05, 3.63) is 71.0 Å². The summed E-state index contributed by atoms with van der Waals surface area (Å²) in [5.74, 6) is -0.688. The molecule has 1 atom stereocenters. The average molecular weight is 421 g/mol. The topological polar surface area (TPSA) is 76.0 Å². The van der Waals surface area contributed by atoms with Gasteiger partial charge in [0.15, 0.2) is 4.75 Å². The van der Waals surface area contributed by atoms with E-state index in [0.29, 0.717) is 12.2 Å². The summed E-state index contributed by atoms with van der Waals surface area (Å²) in [7, 11) is 0. The molecule has 0 spiro atoms. The summed E-state index contributed by atoms with van der Waals surface area (Å²) in [5.41, 5.74) is 5.33. The first kappa shape index (κ1) is 20.2. The first-order valence-electron chi connectivity index (χ1n) is 9.79. The van der Waals surface area contributed by atoms with Gasteiger partial charge in [-0.25, -0.2) is 0 Å². The van der Waals surface area contributed by atoms with E-state index in [2.05, 4.69) is 34.8 Å². The highest BCUT2D eigenvalue weighted by Gasteiger charge is 2.46. The van der Waals surface area contributed by atoms with Crippen LogP contribution in [-0.4, -0.2) is 26.3 Å². The van der Waals surface area contributed by atoms with E-state index in [1.54, 1.807) is 6.92 Å². The van der Waals surface area contributed by atoms with Crippen LogP contribution in [0.3, 0.4) is 0 Å². The molecule has 0 bridgehead atoms. The van der Waals surface area contributed by atoms with Crippen LogP contribution >= 0.6 is 11.8 Å². The highest BCUT2D eigenvalue weighted by Crippen LogP contribution is 2.43. The standard InChI is InChI=1S/C23H24N4O2S/c1-14-9-5-6-10-17(14)13-27-16(3)20(15(2)26-27)25-22(29)23(4)21(28)24-18-11-7-8-12-19(18)30-23/h5-12H,13H2,1-4H3,(H,24,28)(H,25,29). The second-order valence-corrected chi connectivity index (χ2v) is 9.13. The second kappa shape index (κ2) is 7.65. The third-order valence-corrected chi connectivity index (χ3v) is 6.87. The van der Waals surface area contributed by atoms with Crippen molar-refractivity contribution < 1.29 is 9.59 Å². The Kier molecular flexibility index (Phi) is 5.15. The second-order valence-electron chi connectivity index (χ2n) is 7.67. The molecule has 0 fully saturated rings. The smallest absolute Gasteiger partial charge is 0.250 e. The Morgan fingerprint density at radius 3 is 2.60 bits per heavy atom. The largest absolute Gasteiger partial charge is 0.323 e. The summed E-state index contributed by atoms with van der Waals surface area (Å²) in [6.07, 6.45) is 0. The van der Waals surface area contributed by atoms with Crippen LogP contribution in [0.2, 0.25) is 0 Å². The Morgan fingerprint density at radius 2 is 1.83 bits per heavy atom. The molecule has 6 nitrogen and oxygen atoms in total. The van der Waals surface area contributed by atoms with Gasteiger partial charge in [-0.3, -0.25) is 14.3 Å². The molecule has 2 N–H and O–H groups in total. The summed E-state index contributed by atoms with van der Waals surface area (Å²) < 4.78 is 0.615. The minimum absolute atomic E-state index is 0.327. The molecule has 4 rings (SSSR count). The molecule has 2 aromatic carbocycles. The number of amides is 2. The van der Waals surface area contributed by atoms with Crippen molar-refractivity contribution in [2.24, 2.45) is 0 Å². The van der Waals surface area contributed by atoms with Crippen LogP contribution in [-0.2, 0) is 16.1 Å². The van der Waals surface area contributed by atoms with E-state index in [1.165, 1.54) is 22.9 Å². The van der Waals surface area contributed by atoms with E-state index < -0.39 is 4.75 Å². The van der Waals surface area contributed by atoms with Crippen LogP contribution in [0, 0.1) is 20.8 Å². The SMILES string of the molecule is Cc1ccccc1Cn1nc(C)c(NC(=O)C2(C)Sc3ccccc3NC2=O)c1C. The number of hydrogen-bond acceptors (Lipinski definition) is 4. The number of para-hydroxylation sites is 1. The van der Waals surface area contributed by atoms with E-state index in [0.717, 1.165) is 22.0 Å². The summed E-state index contributed by atoms with van der Waals surface area (Å²) in [6, 6.07) is 15.7. The van der Waals surface area contributed by atoms with Gasteiger partial charge in [0.05, 0.1) is 29.3 Å². The minimum Gasteiger partial charge on any atom is -0.323 e. The predicted molar refractivity (Wildman–Crippen MR) is 120 cm³/mol. The number of hydrogen-bond donors (Lipinski definition) is 2. The fourth-order valence-corrected chi connectivity index (χ4v) is 4.63. The summed E-state index contributed by atoms with van der Waals surface area (Å²) >= 11 is 1.27. The lowest BCUT2D eigenvalue weighted by Gasteiger charge is -2.31. The van der Waals surface area contributed by atoms with E-state index in [1.807, 2.05) is 54.9 Å². The first-order valence-corrected chi connectivity index (χ1v) is 10.6. The number of aromatic nitrogens is 2. The molecule has 2 heterocycles. The molecule has 1 unspecified atom stereocenters. The molecule has 0 aliphatic carbocycles. The summed E-state index contributed by atoms with van der Waals surface area (Å²) in [4.78, 5) is 26.8. The maximum Gasteiger partial charge on any atom is 0.250 e. The third-order valence-electron chi connectivity index (χ3n) is 5.52. The zero-order valence-corrected chi connectivity index (χ0v) is 18.3. The maximum atomic E-state index is 13.2. The van der Waals surface area contributed by atoms with E-state index in [4.69, 9.17) is 0 Å². The Bertz CT molecular complexity index is 1150. The van der Waals surface area contributed by atoms with Gasteiger partial charge in [-0.2, -0.15) is 5.10 Å². The molecule has 0 saturated carbocycles. The number of fused-ring (bicyclic) bond motifs is 1. The lowest BCUT2D eigenvalue weighted by molar-refractivity contribution is -0.126. The number of nitrogens with zero attached hydrogens (tertiary/aromatic N) is 2. The van der Waals surface area contributed by atoms with Crippen molar-refractivity contribution in [3.8, 4) is 0 Å². The molecule has 2 amide bonds. The monoisotopic (exact) mass is 420 g/mol. The quantitative estimate of drug-likeness (QED) is 0.617. The number of thioether (sulfide) groups is 1. The third kappa shape index (κ3) is 3.50. The molecule has 1 aliphatic rings. The lowest BCUT2D eigenvalue weighted by atomic mass is 10.1. The van der Waals surface area contributed by atoms with Gasteiger partial charge in [0.1, 0.15) is 0 Å². The molecule has 1 aliphatic heterocycles. The molecule has 0 saturated heterocycles. The van der Waals surface area contributed by atoms with Crippen LogP contribution in [0.5, 0.6) is 0 Å². The molecule has 154 valence electrons. The van der Waals surface area contributed by atoms with Crippen molar-refractivity contribution in [2.45, 2.75) is 43.9 Å². The Morgan fingerprint density at radius 1 is 1.13 bits per heavy atom. The number of carbonyl (C=O) groups is 2. The normalized spacial score (nSPS) is 17.9. The van der Waals surface area contributed by atoms with Crippen LogP contribution in [0.15, 0.2) is 53.4 Å². The molecule has 30 heavy (non-hydrogen) atoms. The van der Waals surface area contributed by atoms with E-state index in [-0.39, 0.29) is 11.8 Å². The molecule has 0 radical (unpaired) electrons. The molecule has 1 aromatic heterocycles. The van der Waals surface area contributed by atoms with Gasteiger partial charge in [-0.15, -0.1) is 0 Å². The maximum absolute atomic E-state index is 13.2. The predicted octanol–water partition coefficient (Wildman–Crippen LogP) is 4.30. The fourth-order valence-electron chi connectivity index (χ4n) is 3.53. The van der Waals surface area contributed by atoms with Crippen molar-refractivity contribution in [2.75, 3.05) is 10.6 Å². The van der Waals surface area contributed by atoms with Gasteiger partial charge < -0.3 is 10.6 Å². The average Bonchev–Trinajstić information content (AvgIpc) is 2.98. The van der Waals surface area contributed by atoms with Crippen LogP contribution < -0.4 is 10.6 Å². The molecule has 7 heteroatoms. The van der Waals surface area contributed by atoms with Gasteiger partial charge in [0, 0.05) is 4.90 Å². The number of nitrogens with one attached hydrogen (secondary N) is 2. The molecule has 3 aromatic rings. The highest BCUT2D eigenvalue weighted by molar-refractivity contribution is 8.02. The Hall–Kier alpha value is -3.06. The van der Waals surface area contributed by atoms with Gasteiger partial charge >= 0.3 is 0 Å². The summed E-state index contributed by atoms with van der Waals surface area (Å²) in [6.45, 7) is 8.14. The number of benzene rings is 2. The minimum atomic E-state index is -1.27. The van der Waals surface area contributed by atoms with Crippen LogP contribution in [0.1, 0.15) is 29.4 Å². The van der Waals surface area contributed by atoms with Gasteiger partial charge in [-0.1, -0.05) is 48.2 Å². The van der Waals surface area contributed by atoms with Crippen molar-refractivity contribution in [3.63, 3.8) is 0 Å². The number of rotatable bonds is 4. The lowest BCUT2D eigenvalue weighted by Crippen LogP contribution is -2.49. The molecular weight excluding hydrogens is 396 g/mol. The zero-order chi connectivity index (χ0) is 21.5. The Labute approximate surface area is 180 Å². The van der Waals surface area contributed by atoms with E-state index >= 15 is 0 Å². The summed E-state index contributed by atoms with van der Waals surface area (Å²) in [5, 5.41) is 10.4. The first-order chi connectivity index (χ1) is 14.3. The highest BCUT2D eigenvalue weighted by atomic mass is 32.2. The van der Waals surface area contributed by atoms with Crippen LogP contribution in [0.4, 0.5) is 11.4 Å². The Balaban J connectivity index is 1.59.